The van der Waals surface area contributed by atoms with E-state index in [0.29, 0.717) is 22.8 Å². The Labute approximate surface area is 196 Å². The molecule has 0 N–H and O–H groups in total. The van der Waals surface area contributed by atoms with Crippen LogP contribution in [0.15, 0.2) is 101 Å². The van der Waals surface area contributed by atoms with E-state index in [1.165, 1.54) is 0 Å². The minimum atomic E-state index is -1.78. The van der Waals surface area contributed by atoms with Gasteiger partial charge in [0.25, 0.3) is 5.82 Å². The summed E-state index contributed by atoms with van der Waals surface area (Å²) < 4.78 is 9.96. The van der Waals surface area contributed by atoms with Gasteiger partial charge >= 0.3 is 0 Å². The van der Waals surface area contributed by atoms with Gasteiger partial charge in [-0.05, 0) is 59.7 Å². The smallest absolute Gasteiger partial charge is 0.256 e. The number of nitrogens with zero attached hydrogens (tertiary/aromatic N) is 3. The number of ether oxygens (including phenoxy) is 1. The molecule has 0 amide bonds. The van der Waals surface area contributed by atoms with Crippen LogP contribution in [-0.2, 0) is 19.7 Å². The van der Waals surface area contributed by atoms with Crippen LogP contribution in [0.3, 0.4) is 0 Å². The second-order valence-electron chi connectivity index (χ2n) is 7.56. The van der Waals surface area contributed by atoms with E-state index in [4.69, 9.17) is 9.73 Å². The number of benzene rings is 3. The number of rotatable bonds is 6. The standard InChI is InChI=1S/C26H24BrN3O2/c1-29-17-18-30(2)25(29)26(31,20-11-13-21(27)14-12-20)24(28-22-7-5-4-6-8-22)19-9-15-23(32-3)16-10-19/h4-18H,1-3H3. The zero-order valence-electron chi connectivity index (χ0n) is 18.2. The lowest BCUT2D eigenvalue weighted by atomic mass is 9.83. The van der Waals surface area contributed by atoms with Gasteiger partial charge in [-0.3, -0.25) is 4.99 Å². The Morgan fingerprint density at radius 1 is 1.00 bits per heavy atom. The van der Waals surface area contributed by atoms with E-state index in [0.717, 1.165) is 15.8 Å². The number of aliphatic imine (C=N–C) groups is 1. The highest BCUT2D eigenvalue weighted by Gasteiger charge is 2.38. The fourth-order valence-electron chi connectivity index (χ4n) is 3.87. The topological polar surface area (TPSA) is 53.5 Å². The summed E-state index contributed by atoms with van der Waals surface area (Å²) >= 11 is 3.48. The molecule has 4 rings (SSSR count). The zero-order chi connectivity index (χ0) is 22.7. The third-order valence-corrected chi connectivity index (χ3v) is 5.97. The molecule has 0 aliphatic rings. The predicted molar refractivity (Wildman–Crippen MR) is 127 cm³/mol. The molecule has 0 saturated carbocycles. The summed E-state index contributed by atoms with van der Waals surface area (Å²) in [6.07, 6.45) is 3.77. The summed E-state index contributed by atoms with van der Waals surface area (Å²) in [5.41, 5.74) is 0.675. The summed E-state index contributed by atoms with van der Waals surface area (Å²) in [6, 6.07) is 24.5. The maximum absolute atomic E-state index is 15.2. The molecule has 1 unspecified atom stereocenters. The maximum atomic E-state index is 15.2. The first kappa shape index (κ1) is 22.0. The average Bonchev–Trinajstić information content (AvgIpc) is 3.16. The SMILES string of the molecule is COc1ccc(C(=Nc2ccccc2)C([O-])(c2ccc(Br)cc2)c2n(C)cc[n+]2C)cc1. The Morgan fingerprint density at radius 3 is 2.22 bits per heavy atom. The number of hydrogen-bond donors (Lipinski definition) is 0. The molecule has 4 aromatic rings. The number of aryl methyl sites for hydroxylation is 2. The fourth-order valence-corrected chi connectivity index (χ4v) is 4.13. The van der Waals surface area contributed by atoms with E-state index in [1.807, 2.05) is 114 Å². The average molecular weight is 490 g/mol. The van der Waals surface area contributed by atoms with Crippen LogP contribution in [0.1, 0.15) is 17.0 Å². The Morgan fingerprint density at radius 2 is 1.66 bits per heavy atom. The van der Waals surface area contributed by atoms with Crippen molar-refractivity contribution in [3.05, 3.63) is 113 Å². The third-order valence-electron chi connectivity index (χ3n) is 5.44. The molecule has 0 aliphatic heterocycles. The van der Waals surface area contributed by atoms with Crippen molar-refractivity contribution in [3.63, 3.8) is 0 Å². The molecule has 1 heterocycles. The van der Waals surface area contributed by atoms with E-state index in [9.17, 15) is 0 Å². The fraction of sp³-hybridized carbons (Fsp3) is 0.154. The normalized spacial score (nSPS) is 13.6. The molecule has 0 bridgehead atoms. The second-order valence-corrected chi connectivity index (χ2v) is 8.47. The highest BCUT2D eigenvalue weighted by atomic mass is 79.9. The third kappa shape index (κ3) is 4.11. The molecule has 1 atom stereocenters. The largest absolute Gasteiger partial charge is 0.832 e. The molecular formula is C26H24BrN3O2. The van der Waals surface area contributed by atoms with Crippen LogP contribution >= 0.6 is 15.9 Å². The van der Waals surface area contributed by atoms with Gasteiger partial charge in [-0.2, -0.15) is 0 Å². The lowest BCUT2D eigenvalue weighted by Gasteiger charge is -2.39. The summed E-state index contributed by atoms with van der Waals surface area (Å²) in [5.74, 6) is 1.29. The molecule has 0 saturated heterocycles. The monoisotopic (exact) mass is 489 g/mol. The number of halogens is 1. The van der Waals surface area contributed by atoms with Crippen LogP contribution < -0.4 is 14.4 Å². The van der Waals surface area contributed by atoms with Gasteiger partial charge in [-0.1, -0.05) is 46.3 Å². The molecule has 1 aromatic heterocycles. The minimum Gasteiger partial charge on any atom is -0.832 e. The summed E-state index contributed by atoms with van der Waals surface area (Å²) in [6.45, 7) is 0. The van der Waals surface area contributed by atoms with Gasteiger partial charge in [0.2, 0.25) is 0 Å². The molecule has 3 aromatic carbocycles. The van der Waals surface area contributed by atoms with Gasteiger partial charge in [0, 0.05) is 4.47 Å². The summed E-state index contributed by atoms with van der Waals surface area (Å²) in [7, 11) is 5.39. The van der Waals surface area contributed by atoms with E-state index < -0.39 is 5.60 Å². The van der Waals surface area contributed by atoms with Gasteiger partial charge in [-0.25, -0.2) is 9.13 Å². The van der Waals surface area contributed by atoms with Crippen LogP contribution in [0.4, 0.5) is 5.69 Å². The molecule has 6 heteroatoms. The van der Waals surface area contributed by atoms with Crippen molar-refractivity contribution in [2.75, 3.05) is 7.11 Å². The van der Waals surface area contributed by atoms with Gasteiger partial charge in [0.05, 0.1) is 38.2 Å². The van der Waals surface area contributed by atoms with E-state index in [1.54, 1.807) is 7.11 Å². The highest BCUT2D eigenvalue weighted by Crippen LogP contribution is 2.32. The molecule has 162 valence electrons. The molecule has 0 radical (unpaired) electrons. The predicted octanol–water partition coefficient (Wildman–Crippen LogP) is 4.05. The van der Waals surface area contributed by atoms with Crippen molar-refractivity contribution in [2.45, 2.75) is 5.60 Å². The van der Waals surface area contributed by atoms with Gasteiger partial charge in [0.15, 0.2) is 0 Å². The van der Waals surface area contributed by atoms with E-state index >= 15 is 5.11 Å². The van der Waals surface area contributed by atoms with E-state index in [2.05, 4.69) is 15.9 Å². The quantitative estimate of drug-likeness (QED) is 0.303. The summed E-state index contributed by atoms with van der Waals surface area (Å²) in [5, 5.41) is 15.2. The first-order valence-electron chi connectivity index (χ1n) is 10.2. The van der Waals surface area contributed by atoms with Gasteiger partial charge in [0.1, 0.15) is 18.1 Å². The zero-order valence-corrected chi connectivity index (χ0v) is 19.8. The lowest BCUT2D eigenvalue weighted by Crippen LogP contribution is -2.57. The molecule has 32 heavy (non-hydrogen) atoms. The van der Waals surface area contributed by atoms with Crippen LogP contribution in [0.5, 0.6) is 5.75 Å². The van der Waals surface area contributed by atoms with Crippen molar-refractivity contribution < 1.29 is 14.4 Å². The first-order valence-corrected chi connectivity index (χ1v) is 11.0. The molecule has 5 nitrogen and oxygen atoms in total. The maximum Gasteiger partial charge on any atom is 0.256 e. The molecular weight excluding hydrogens is 466 g/mol. The summed E-state index contributed by atoms with van der Waals surface area (Å²) in [4.78, 5) is 4.92. The lowest BCUT2D eigenvalue weighted by molar-refractivity contribution is -0.696. The first-order chi connectivity index (χ1) is 15.4. The van der Waals surface area contributed by atoms with Crippen molar-refractivity contribution >= 4 is 27.3 Å². The number of imidazole rings is 1. The van der Waals surface area contributed by atoms with Crippen molar-refractivity contribution in [3.8, 4) is 5.75 Å². The van der Waals surface area contributed by atoms with Crippen LogP contribution in [0, 0.1) is 0 Å². The van der Waals surface area contributed by atoms with Gasteiger partial charge in [-0.15, -0.1) is 0 Å². The second kappa shape index (κ2) is 9.10. The Kier molecular flexibility index (Phi) is 6.26. The van der Waals surface area contributed by atoms with Crippen molar-refractivity contribution in [1.82, 2.24) is 4.57 Å². The van der Waals surface area contributed by atoms with Crippen molar-refractivity contribution in [1.29, 1.82) is 0 Å². The van der Waals surface area contributed by atoms with Crippen LogP contribution in [0.25, 0.3) is 0 Å². The minimum absolute atomic E-state index is 0.408. The molecule has 0 fully saturated rings. The highest BCUT2D eigenvalue weighted by molar-refractivity contribution is 9.10. The number of para-hydroxylation sites is 1. The van der Waals surface area contributed by atoms with Crippen LogP contribution in [-0.4, -0.2) is 17.4 Å². The van der Waals surface area contributed by atoms with Crippen LogP contribution in [0.2, 0.25) is 0 Å². The molecule has 0 aliphatic carbocycles. The van der Waals surface area contributed by atoms with E-state index in [-0.39, 0.29) is 0 Å². The number of methoxy groups -OCH3 is 1. The molecule has 0 spiro atoms. The Hall–Kier alpha value is -3.22. The Balaban J connectivity index is 2.04. The number of aromatic nitrogens is 2. The van der Waals surface area contributed by atoms with Crippen molar-refractivity contribution in [2.24, 2.45) is 19.1 Å². The number of hydrogen-bond acceptors (Lipinski definition) is 3. The Bertz CT molecular complexity index is 1210. The van der Waals surface area contributed by atoms with Gasteiger partial charge < -0.3 is 9.84 Å².